The first kappa shape index (κ1) is 15.0. The summed E-state index contributed by atoms with van der Waals surface area (Å²) in [7, 11) is 1.50. The minimum atomic E-state index is -0.137. The first-order chi connectivity index (χ1) is 9.08. The third-order valence-electron chi connectivity index (χ3n) is 2.69. The molecule has 102 valence electrons. The Morgan fingerprint density at radius 2 is 2.32 bits per heavy atom. The third-order valence-corrected chi connectivity index (χ3v) is 2.69. The maximum absolute atomic E-state index is 11.8. The highest BCUT2D eigenvalue weighted by molar-refractivity contribution is 5.93. The van der Waals surface area contributed by atoms with Gasteiger partial charge in [0, 0.05) is 12.5 Å². The van der Waals surface area contributed by atoms with Crippen LogP contribution in [0, 0.1) is 11.3 Å². The maximum Gasteiger partial charge on any atom is 0.224 e. The largest absolute Gasteiger partial charge is 0.495 e. The fraction of sp³-hybridized carbons (Fsp3) is 0.429. The number of amides is 1. The minimum Gasteiger partial charge on any atom is -0.495 e. The number of nitriles is 1. The number of carbonyl (C=O) groups excluding carboxylic acids is 1. The molecule has 1 rings (SSSR count). The number of ether oxygens (including phenoxy) is 1. The highest BCUT2D eigenvalue weighted by atomic mass is 16.5. The van der Waals surface area contributed by atoms with Crippen molar-refractivity contribution in [2.24, 2.45) is 5.73 Å². The van der Waals surface area contributed by atoms with E-state index in [4.69, 9.17) is 15.7 Å². The zero-order valence-electron chi connectivity index (χ0n) is 11.3. The van der Waals surface area contributed by atoms with Crippen LogP contribution in [0.1, 0.15) is 31.7 Å². The van der Waals surface area contributed by atoms with E-state index in [-0.39, 0.29) is 11.9 Å². The molecule has 0 aliphatic carbocycles. The Hall–Kier alpha value is -2.06. The molecule has 0 aliphatic heterocycles. The molecule has 5 nitrogen and oxygen atoms in total. The normalized spacial score (nSPS) is 11.5. The van der Waals surface area contributed by atoms with Gasteiger partial charge in [-0.15, -0.1) is 0 Å². The summed E-state index contributed by atoms with van der Waals surface area (Å²) in [6.07, 6.45) is 1.90. The van der Waals surface area contributed by atoms with Crippen LogP contribution in [0.2, 0.25) is 0 Å². The van der Waals surface area contributed by atoms with E-state index in [9.17, 15) is 4.79 Å². The SMILES string of the molecule is COc1cccc(C#N)c1NC(=O)CCCC(C)N. The van der Waals surface area contributed by atoms with Gasteiger partial charge < -0.3 is 15.8 Å². The summed E-state index contributed by atoms with van der Waals surface area (Å²) in [4.78, 5) is 11.8. The van der Waals surface area contributed by atoms with Crippen LogP contribution in [-0.2, 0) is 4.79 Å². The lowest BCUT2D eigenvalue weighted by atomic mass is 10.1. The summed E-state index contributed by atoms with van der Waals surface area (Å²) in [5.41, 5.74) is 6.45. The molecular weight excluding hydrogens is 242 g/mol. The van der Waals surface area contributed by atoms with Gasteiger partial charge in [0.25, 0.3) is 0 Å². The second kappa shape index (κ2) is 7.39. The van der Waals surface area contributed by atoms with Crippen LogP contribution in [0.4, 0.5) is 5.69 Å². The van der Waals surface area contributed by atoms with Gasteiger partial charge in [-0.3, -0.25) is 4.79 Å². The highest BCUT2D eigenvalue weighted by Gasteiger charge is 2.12. The van der Waals surface area contributed by atoms with Gasteiger partial charge in [-0.05, 0) is 31.9 Å². The minimum absolute atomic E-state index is 0.0914. The van der Waals surface area contributed by atoms with Crippen LogP contribution in [0.15, 0.2) is 18.2 Å². The molecule has 0 heterocycles. The van der Waals surface area contributed by atoms with Crippen LogP contribution in [0.5, 0.6) is 5.75 Å². The predicted molar refractivity (Wildman–Crippen MR) is 73.8 cm³/mol. The van der Waals surface area contributed by atoms with Crippen molar-refractivity contribution in [2.45, 2.75) is 32.2 Å². The van der Waals surface area contributed by atoms with Crippen molar-refractivity contribution in [3.63, 3.8) is 0 Å². The Morgan fingerprint density at radius 3 is 2.89 bits per heavy atom. The maximum atomic E-state index is 11.8. The van der Waals surface area contributed by atoms with Gasteiger partial charge in [0.05, 0.1) is 12.7 Å². The summed E-state index contributed by atoms with van der Waals surface area (Å²) < 4.78 is 5.15. The topological polar surface area (TPSA) is 88.1 Å². The van der Waals surface area contributed by atoms with Gasteiger partial charge in [0.2, 0.25) is 5.91 Å². The van der Waals surface area contributed by atoms with Crippen LogP contribution in [0.25, 0.3) is 0 Å². The summed E-state index contributed by atoms with van der Waals surface area (Å²) in [6, 6.07) is 7.18. The molecule has 0 saturated carbocycles. The molecule has 1 amide bonds. The summed E-state index contributed by atoms with van der Waals surface area (Å²) in [6.45, 7) is 1.91. The molecule has 19 heavy (non-hydrogen) atoms. The zero-order valence-corrected chi connectivity index (χ0v) is 11.3. The fourth-order valence-electron chi connectivity index (χ4n) is 1.71. The third kappa shape index (κ3) is 4.60. The van der Waals surface area contributed by atoms with Crippen molar-refractivity contribution in [1.29, 1.82) is 5.26 Å². The lowest BCUT2D eigenvalue weighted by Crippen LogP contribution is -2.17. The molecule has 0 aromatic heterocycles. The molecule has 0 radical (unpaired) electrons. The lowest BCUT2D eigenvalue weighted by molar-refractivity contribution is -0.116. The number of para-hydroxylation sites is 1. The van der Waals surface area contributed by atoms with E-state index in [2.05, 4.69) is 5.32 Å². The molecule has 0 bridgehead atoms. The Balaban J connectivity index is 2.71. The van der Waals surface area contributed by atoms with E-state index >= 15 is 0 Å². The fourth-order valence-corrected chi connectivity index (χ4v) is 1.71. The average Bonchev–Trinajstić information content (AvgIpc) is 2.38. The molecule has 0 fully saturated rings. The van der Waals surface area contributed by atoms with E-state index < -0.39 is 0 Å². The Kier molecular flexibility index (Phi) is 5.83. The van der Waals surface area contributed by atoms with E-state index in [1.807, 2.05) is 13.0 Å². The van der Waals surface area contributed by atoms with Crippen molar-refractivity contribution < 1.29 is 9.53 Å². The molecule has 0 spiro atoms. The molecular formula is C14H19N3O2. The summed E-state index contributed by atoms with van der Waals surface area (Å²) in [5, 5.41) is 11.8. The van der Waals surface area contributed by atoms with Crippen LogP contribution in [-0.4, -0.2) is 19.1 Å². The predicted octanol–water partition coefficient (Wildman–Crippen LogP) is 2.02. The number of hydrogen-bond acceptors (Lipinski definition) is 4. The van der Waals surface area contributed by atoms with Crippen molar-refractivity contribution in [3.8, 4) is 11.8 Å². The number of benzene rings is 1. The second-order valence-corrected chi connectivity index (χ2v) is 4.41. The van der Waals surface area contributed by atoms with Gasteiger partial charge in [0.1, 0.15) is 17.5 Å². The van der Waals surface area contributed by atoms with Gasteiger partial charge in [-0.2, -0.15) is 5.26 Å². The molecule has 0 aliphatic rings. The molecule has 1 aromatic rings. The number of nitrogens with two attached hydrogens (primary N) is 1. The number of nitrogens with zero attached hydrogens (tertiary/aromatic N) is 1. The molecule has 0 saturated heterocycles. The van der Waals surface area contributed by atoms with Gasteiger partial charge in [0.15, 0.2) is 0 Å². The summed E-state index contributed by atoms with van der Waals surface area (Å²) in [5.74, 6) is 0.348. The molecule has 1 aromatic carbocycles. The lowest BCUT2D eigenvalue weighted by Gasteiger charge is -2.11. The number of hydrogen-bond donors (Lipinski definition) is 2. The molecule has 1 unspecified atom stereocenters. The van der Waals surface area contributed by atoms with E-state index in [0.717, 1.165) is 12.8 Å². The number of methoxy groups -OCH3 is 1. The van der Waals surface area contributed by atoms with Gasteiger partial charge in [-0.25, -0.2) is 0 Å². The first-order valence-electron chi connectivity index (χ1n) is 6.21. The van der Waals surface area contributed by atoms with E-state index in [1.165, 1.54) is 7.11 Å². The molecule has 3 N–H and O–H groups in total. The Labute approximate surface area is 113 Å². The number of nitrogens with one attached hydrogen (secondary N) is 1. The van der Waals surface area contributed by atoms with Crippen molar-refractivity contribution in [1.82, 2.24) is 0 Å². The highest BCUT2D eigenvalue weighted by Crippen LogP contribution is 2.27. The van der Waals surface area contributed by atoms with E-state index in [0.29, 0.717) is 23.4 Å². The number of anilines is 1. The van der Waals surface area contributed by atoms with Crippen LogP contribution in [0.3, 0.4) is 0 Å². The van der Waals surface area contributed by atoms with Gasteiger partial charge >= 0.3 is 0 Å². The van der Waals surface area contributed by atoms with Crippen molar-refractivity contribution in [2.75, 3.05) is 12.4 Å². The second-order valence-electron chi connectivity index (χ2n) is 4.41. The van der Waals surface area contributed by atoms with Crippen molar-refractivity contribution >= 4 is 11.6 Å². The smallest absolute Gasteiger partial charge is 0.224 e. The number of carbonyl (C=O) groups is 1. The molecule has 5 heteroatoms. The Bertz CT molecular complexity index is 478. The summed E-state index contributed by atoms with van der Waals surface area (Å²) >= 11 is 0. The van der Waals surface area contributed by atoms with Crippen LogP contribution < -0.4 is 15.8 Å². The standard InChI is InChI=1S/C14H19N3O2/c1-10(16)5-3-8-13(18)17-14-11(9-15)6-4-7-12(14)19-2/h4,6-7,10H,3,5,8,16H2,1-2H3,(H,17,18). The van der Waals surface area contributed by atoms with E-state index in [1.54, 1.807) is 18.2 Å². The first-order valence-corrected chi connectivity index (χ1v) is 6.21. The van der Waals surface area contributed by atoms with Gasteiger partial charge in [-0.1, -0.05) is 6.07 Å². The average molecular weight is 261 g/mol. The Morgan fingerprint density at radius 1 is 1.58 bits per heavy atom. The monoisotopic (exact) mass is 261 g/mol. The van der Waals surface area contributed by atoms with Crippen molar-refractivity contribution in [3.05, 3.63) is 23.8 Å². The van der Waals surface area contributed by atoms with Crippen LogP contribution >= 0.6 is 0 Å². The quantitative estimate of drug-likeness (QED) is 0.820. The number of rotatable bonds is 6. The zero-order chi connectivity index (χ0) is 14.3. The molecule has 1 atom stereocenters.